The summed E-state index contributed by atoms with van der Waals surface area (Å²) in [5.41, 5.74) is 8.11. The van der Waals surface area contributed by atoms with Crippen LogP contribution in [0.15, 0.2) is 51.1 Å². The molecule has 0 heterocycles. The number of amides is 2. The van der Waals surface area contributed by atoms with E-state index >= 15 is 0 Å². The summed E-state index contributed by atoms with van der Waals surface area (Å²) in [7, 11) is 0. The standard InChI is InChI=1S/C20H20Br2ClN3O3/c1-11-4-5-14(23)8-17(11)24-19(27)7-13(3)25-26-20(28)10-29-18-6-12(2)15(21)9-16(18)22/h4-9,25H,10H2,1-3H3,(H,24,27)(H,26,28). The van der Waals surface area contributed by atoms with Crippen molar-refractivity contribution in [2.24, 2.45) is 0 Å². The second kappa shape index (κ2) is 10.7. The van der Waals surface area contributed by atoms with Crippen LogP contribution in [0.5, 0.6) is 5.75 Å². The number of allylic oxidation sites excluding steroid dienone is 1. The molecule has 2 amide bonds. The molecule has 3 N–H and O–H groups in total. The van der Waals surface area contributed by atoms with Crippen LogP contribution in [0.2, 0.25) is 5.02 Å². The van der Waals surface area contributed by atoms with Crippen LogP contribution in [0.3, 0.4) is 0 Å². The van der Waals surface area contributed by atoms with Crippen molar-refractivity contribution < 1.29 is 14.3 Å². The molecule has 29 heavy (non-hydrogen) atoms. The van der Waals surface area contributed by atoms with Crippen LogP contribution in [-0.4, -0.2) is 18.4 Å². The third kappa shape index (κ3) is 7.38. The minimum Gasteiger partial charge on any atom is -0.483 e. The van der Waals surface area contributed by atoms with Gasteiger partial charge in [0.25, 0.3) is 5.91 Å². The lowest BCUT2D eigenvalue weighted by Crippen LogP contribution is -2.39. The zero-order valence-corrected chi connectivity index (χ0v) is 20.0. The van der Waals surface area contributed by atoms with Gasteiger partial charge in [-0.1, -0.05) is 33.6 Å². The maximum absolute atomic E-state index is 12.1. The highest BCUT2D eigenvalue weighted by atomic mass is 79.9. The Morgan fingerprint density at radius 1 is 1.07 bits per heavy atom. The van der Waals surface area contributed by atoms with Crippen molar-refractivity contribution in [1.29, 1.82) is 0 Å². The Balaban J connectivity index is 1.84. The van der Waals surface area contributed by atoms with Gasteiger partial charge in [-0.15, -0.1) is 0 Å². The second-order valence-electron chi connectivity index (χ2n) is 6.27. The molecule has 0 saturated heterocycles. The number of benzene rings is 2. The van der Waals surface area contributed by atoms with Crippen molar-refractivity contribution in [1.82, 2.24) is 10.9 Å². The molecule has 9 heteroatoms. The zero-order valence-electron chi connectivity index (χ0n) is 16.0. The fourth-order valence-corrected chi connectivity index (χ4v) is 3.50. The van der Waals surface area contributed by atoms with Crippen molar-refractivity contribution >= 4 is 61.0 Å². The number of halogens is 3. The highest BCUT2D eigenvalue weighted by Gasteiger charge is 2.09. The molecule has 0 aromatic heterocycles. The predicted octanol–water partition coefficient (Wildman–Crippen LogP) is 5.02. The smallest absolute Gasteiger partial charge is 0.276 e. The lowest BCUT2D eigenvalue weighted by atomic mass is 10.2. The third-order valence-corrected chi connectivity index (χ3v) is 5.49. The zero-order chi connectivity index (χ0) is 21.6. The van der Waals surface area contributed by atoms with Gasteiger partial charge in [-0.2, -0.15) is 0 Å². The second-order valence-corrected chi connectivity index (χ2v) is 8.41. The first-order valence-electron chi connectivity index (χ1n) is 8.54. The van der Waals surface area contributed by atoms with E-state index in [2.05, 4.69) is 48.0 Å². The molecule has 2 aromatic carbocycles. The minimum absolute atomic E-state index is 0.187. The van der Waals surface area contributed by atoms with Crippen molar-refractivity contribution in [3.05, 3.63) is 67.2 Å². The van der Waals surface area contributed by atoms with Crippen LogP contribution in [0.25, 0.3) is 0 Å². The lowest BCUT2D eigenvalue weighted by Gasteiger charge is -2.12. The van der Waals surface area contributed by atoms with Gasteiger partial charge in [0.2, 0.25) is 5.91 Å². The van der Waals surface area contributed by atoms with E-state index in [9.17, 15) is 9.59 Å². The predicted molar refractivity (Wildman–Crippen MR) is 122 cm³/mol. The van der Waals surface area contributed by atoms with E-state index in [0.717, 1.165) is 20.1 Å². The quantitative estimate of drug-likeness (QED) is 0.337. The number of aryl methyl sites for hydroxylation is 2. The number of ether oxygens (including phenoxy) is 1. The maximum atomic E-state index is 12.1. The summed E-state index contributed by atoms with van der Waals surface area (Å²) in [6.07, 6.45) is 1.33. The number of hydrogen-bond donors (Lipinski definition) is 3. The van der Waals surface area contributed by atoms with Crippen molar-refractivity contribution in [3.63, 3.8) is 0 Å². The van der Waals surface area contributed by atoms with Gasteiger partial charge < -0.3 is 15.5 Å². The van der Waals surface area contributed by atoms with Gasteiger partial charge in [0.1, 0.15) is 5.75 Å². The Morgan fingerprint density at radius 3 is 2.52 bits per heavy atom. The Hall–Kier alpha value is -2.03. The van der Waals surface area contributed by atoms with E-state index in [4.69, 9.17) is 16.3 Å². The molecule has 0 spiro atoms. The van der Waals surface area contributed by atoms with Gasteiger partial charge in [-0.3, -0.25) is 15.0 Å². The molecule has 2 aromatic rings. The molecule has 0 fully saturated rings. The largest absolute Gasteiger partial charge is 0.483 e. The summed E-state index contributed by atoms with van der Waals surface area (Å²) >= 11 is 12.8. The van der Waals surface area contributed by atoms with Gasteiger partial charge in [0, 0.05) is 27.0 Å². The van der Waals surface area contributed by atoms with Gasteiger partial charge in [0.15, 0.2) is 6.61 Å². The lowest BCUT2D eigenvalue weighted by molar-refractivity contribution is -0.124. The topological polar surface area (TPSA) is 79.5 Å². The molecule has 0 aliphatic carbocycles. The summed E-state index contributed by atoms with van der Waals surface area (Å²) < 4.78 is 7.20. The fraction of sp³-hybridized carbons (Fsp3) is 0.200. The first kappa shape index (κ1) is 23.3. The molecule has 0 saturated carbocycles. The van der Waals surface area contributed by atoms with Crippen LogP contribution < -0.4 is 20.9 Å². The molecule has 0 bridgehead atoms. The molecule has 0 aliphatic heterocycles. The Bertz CT molecular complexity index is 964. The molecule has 6 nitrogen and oxygen atoms in total. The van der Waals surface area contributed by atoms with Gasteiger partial charge in [-0.25, -0.2) is 0 Å². The summed E-state index contributed by atoms with van der Waals surface area (Å²) in [5, 5.41) is 3.28. The molecular weight excluding hydrogens is 525 g/mol. The fourth-order valence-electron chi connectivity index (χ4n) is 2.22. The van der Waals surface area contributed by atoms with E-state index in [0.29, 0.717) is 22.2 Å². The molecule has 154 valence electrons. The van der Waals surface area contributed by atoms with Crippen molar-refractivity contribution in [2.75, 3.05) is 11.9 Å². The number of carbonyl (C=O) groups excluding carboxylic acids is 2. The van der Waals surface area contributed by atoms with Gasteiger partial charge in [-0.05, 0) is 72.1 Å². The maximum Gasteiger partial charge on any atom is 0.276 e. The SMILES string of the molecule is CC(=CC(=O)Nc1cc(Cl)ccc1C)NNC(=O)COc1cc(C)c(Br)cc1Br. The molecule has 0 atom stereocenters. The summed E-state index contributed by atoms with van der Waals surface area (Å²) in [5.74, 6) is -0.180. The van der Waals surface area contributed by atoms with Crippen molar-refractivity contribution in [2.45, 2.75) is 20.8 Å². The number of rotatable bonds is 7. The average Bonchev–Trinajstić information content (AvgIpc) is 2.64. The van der Waals surface area contributed by atoms with Crippen molar-refractivity contribution in [3.8, 4) is 5.75 Å². The number of anilines is 1. The van der Waals surface area contributed by atoms with E-state index in [1.165, 1.54) is 6.08 Å². The Labute approximate surface area is 191 Å². The minimum atomic E-state index is -0.392. The molecule has 0 aliphatic rings. The third-order valence-electron chi connectivity index (χ3n) is 3.78. The number of carbonyl (C=O) groups is 2. The molecule has 0 radical (unpaired) electrons. The van der Waals surface area contributed by atoms with Crippen LogP contribution in [0.1, 0.15) is 18.1 Å². The average molecular weight is 546 g/mol. The monoisotopic (exact) mass is 543 g/mol. The first-order chi connectivity index (χ1) is 13.7. The van der Waals surface area contributed by atoms with Gasteiger partial charge >= 0.3 is 0 Å². The number of hydrogen-bond acceptors (Lipinski definition) is 4. The van der Waals surface area contributed by atoms with E-state index in [-0.39, 0.29) is 12.5 Å². The molecular formula is C20H20Br2ClN3O3. The highest BCUT2D eigenvalue weighted by molar-refractivity contribution is 9.11. The first-order valence-corrected chi connectivity index (χ1v) is 10.5. The number of nitrogens with one attached hydrogen (secondary N) is 3. The highest BCUT2D eigenvalue weighted by Crippen LogP contribution is 2.31. The normalized spacial score (nSPS) is 11.0. The Kier molecular flexibility index (Phi) is 8.55. The van der Waals surface area contributed by atoms with E-state index in [1.54, 1.807) is 19.1 Å². The van der Waals surface area contributed by atoms with Crippen LogP contribution in [0.4, 0.5) is 5.69 Å². The number of hydrazine groups is 1. The van der Waals surface area contributed by atoms with E-state index < -0.39 is 5.91 Å². The van der Waals surface area contributed by atoms with E-state index in [1.807, 2.05) is 32.0 Å². The summed E-state index contributed by atoms with van der Waals surface area (Å²) in [4.78, 5) is 24.1. The van der Waals surface area contributed by atoms with Gasteiger partial charge in [0.05, 0.1) is 4.47 Å². The Morgan fingerprint density at radius 2 is 1.79 bits per heavy atom. The summed E-state index contributed by atoms with van der Waals surface area (Å²) in [6, 6.07) is 8.92. The molecule has 0 unspecified atom stereocenters. The van der Waals surface area contributed by atoms with Crippen LogP contribution in [0, 0.1) is 13.8 Å². The van der Waals surface area contributed by atoms with Crippen LogP contribution >= 0.6 is 43.5 Å². The molecule has 2 rings (SSSR count). The summed E-state index contributed by atoms with van der Waals surface area (Å²) in [6.45, 7) is 5.26. The van der Waals surface area contributed by atoms with Crippen LogP contribution in [-0.2, 0) is 9.59 Å².